The molecular weight excluding hydrogens is 266 g/mol. The lowest BCUT2D eigenvalue weighted by Crippen LogP contribution is -2.39. The standard InChI is InChI=1S/C15H21N5O/c1-15(17,10-16)11-20-9-12-4-5-13(8-14(12)18-20)21-7-6-19(2)3/h4-5,8-9H,6-7,11,17H2,1-3H3. The second-order valence-corrected chi connectivity index (χ2v) is 5.73. The Morgan fingerprint density at radius 2 is 2.24 bits per heavy atom. The summed E-state index contributed by atoms with van der Waals surface area (Å²) >= 11 is 0. The van der Waals surface area contributed by atoms with Crippen LogP contribution in [-0.2, 0) is 6.54 Å². The average Bonchev–Trinajstić information content (AvgIpc) is 2.79. The van der Waals surface area contributed by atoms with E-state index in [-0.39, 0.29) is 0 Å². The Balaban J connectivity index is 2.11. The first-order valence-corrected chi connectivity index (χ1v) is 6.84. The van der Waals surface area contributed by atoms with Gasteiger partial charge in [0, 0.05) is 24.2 Å². The third-order valence-corrected chi connectivity index (χ3v) is 3.08. The molecule has 0 aliphatic heterocycles. The fourth-order valence-corrected chi connectivity index (χ4v) is 1.94. The van der Waals surface area contributed by atoms with Gasteiger partial charge in [-0.3, -0.25) is 4.68 Å². The number of nitrogens with two attached hydrogens (primary N) is 1. The molecule has 2 N–H and O–H groups in total. The zero-order valence-corrected chi connectivity index (χ0v) is 12.7. The molecule has 21 heavy (non-hydrogen) atoms. The Morgan fingerprint density at radius 1 is 1.48 bits per heavy atom. The highest BCUT2D eigenvalue weighted by molar-refractivity contribution is 5.79. The van der Waals surface area contributed by atoms with Crippen LogP contribution in [0.15, 0.2) is 24.4 Å². The maximum absolute atomic E-state index is 8.98. The minimum Gasteiger partial charge on any atom is -0.492 e. The minimum atomic E-state index is -0.924. The van der Waals surface area contributed by atoms with Gasteiger partial charge < -0.3 is 15.4 Å². The van der Waals surface area contributed by atoms with Crippen molar-refractivity contribution >= 4 is 10.9 Å². The summed E-state index contributed by atoms with van der Waals surface area (Å²) in [5.41, 5.74) is 5.76. The smallest absolute Gasteiger partial charge is 0.121 e. The number of hydrogen-bond donors (Lipinski definition) is 1. The first-order chi connectivity index (χ1) is 9.89. The summed E-state index contributed by atoms with van der Waals surface area (Å²) < 4.78 is 7.39. The van der Waals surface area contributed by atoms with Crippen molar-refractivity contribution in [2.75, 3.05) is 27.2 Å². The normalized spacial score (nSPS) is 14.1. The molecule has 1 atom stereocenters. The number of nitrogens with zero attached hydrogens (tertiary/aromatic N) is 4. The molecule has 0 aliphatic rings. The predicted octanol–water partition coefficient (Wildman–Crippen LogP) is 1.22. The minimum absolute atomic E-state index is 0.356. The van der Waals surface area contributed by atoms with Crippen molar-refractivity contribution in [3.05, 3.63) is 24.4 Å². The summed E-state index contributed by atoms with van der Waals surface area (Å²) in [6, 6.07) is 7.86. The highest BCUT2D eigenvalue weighted by atomic mass is 16.5. The molecule has 2 aromatic rings. The Labute approximate surface area is 124 Å². The van der Waals surface area contributed by atoms with Crippen LogP contribution in [0.25, 0.3) is 10.9 Å². The van der Waals surface area contributed by atoms with Crippen molar-refractivity contribution in [2.45, 2.75) is 19.0 Å². The Kier molecular flexibility index (Phi) is 4.46. The van der Waals surface area contributed by atoms with E-state index in [4.69, 9.17) is 15.7 Å². The van der Waals surface area contributed by atoms with Gasteiger partial charge in [0.05, 0.1) is 18.1 Å². The lowest BCUT2D eigenvalue weighted by molar-refractivity contribution is 0.261. The summed E-state index contributed by atoms with van der Waals surface area (Å²) in [4.78, 5) is 2.07. The molecule has 0 fully saturated rings. The van der Waals surface area contributed by atoms with Gasteiger partial charge in [0.25, 0.3) is 0 Å². The van der Waals surface area contributed by atoms with Crippen molar-refractivity contribution in [3.63, 3.8) is 0 Å². The molecule has 112 valence electrons. The highest BCUT2D eigenvalue weighted by Gasteiger charge is 2.18. The lowest BCUT2D eigenvalue weighted by Gasteiger charge is -2.14. The molecule has 1 unspecified atom stereocenters. The monoisotopic (exact) mass is 287 g/mol. The van der Waals surface area contributed by atoms with Gasteiger partial charge >= 0.3 is 0 Å². The number of aromatic nitrogens is 2. The topological polar surface area (TPSA) is 80.1 Å². The molecule has 6 nitrogen and oxygen atoms in total. The number of rotatable bonds is 6. The van der Waals surface area contributed by atoms with Gasteiger partial charge in [0.2, 0.25) is 0 Å². The molecule has 2 rings (SSSR count). The Hall–Kier alpha value is -2.10. The van der Waals surface area contributed by atoms with E-state index in [0.717, 1.165) is 23.2 Å². The summed E-state index contributed by atoms with van der Waals surface area (Å²) in [7, 11) is 4.01. The maximum atomic E-state index is 8.98. The van der Waals surface area contributed by atoms with Crippen LogP contribution in [0.3, 0.4) is 0 Å². The van der Waals surface area contributed by atoms with Crippen LogP contribution in [0.1, 0.15) is 6.92 Å². The van der Waals surface area contributed by atoms with Crippen molar-refractivity contribution in [1.82, 2.24) is 14.7 Å². The van der Waals surface area contributed by atoms with E-state index in [0.29, 0.717) is 13.2 Å². The van der Waals surface area contributed by atoms with Crippen molar-refractivity contribution in [3.8, 4) is 11.8 Å². The zero-order chi connectivity index (χ0) is 15.5. The first kappa shape index (κ1) is 15.3. The molecule has 6 heteroatoms. The van der Waals surface area contributed by atoms with E-state index in [2.05, 4.69) is 16.1 Å². The van der Waals surface area contributed by atoms with Gasteiger partial charge in [0.1, 0.15) is 17.9 Å². The molecule has 1 aromatic carbocycles. The van der Waals surface area contributed by atoms with E-state index >= 15 is 0 Å². The van der Waals surface area contributed by atoms with Gasteiger partial charge in [-0.2, -0.15) is 10.4 Å². The molecule has 0 saturated heterocycles. The van der Waals surface area contributed by atoms with Crippen molar-refractivity contribution in [2.24, 2.45) is 5.73 Å². The largest absolute Gasteiger partial charge is 0.492 e. The fraction of sp³-hybridized carbons (Fsp3) is 0.467. The Bertz CT molecular complexity index is 654. The molecule has 0 saturated carbocycles. The third kappa shape index (κ3) is 4.18. The first-order valence-electron chi connectivity index (χ1n) is 6.84. The van der Waals surface area contributed by atoms with E-state index in [1.54, 1.807) is 11.6 Å². The van der Waals surface area contributed by atoms with Crippen LogP contribution in [0.4, 0.5) is 0 Å². The predicted molar refractivity (Wildman–Crippen MR) is 82.0 cm³/mol. The zero-order valence-electron chi connectivity index (χ0n) is 12.7. The van der Waals surface area contributed by atoms with Gasteiger partial charge in [0.15, 0.2) is 0 Å². The average molecular weight is 287 g/mol. The van der Waals surface area contributed by atoms with Crippen LogP contribution in [0, 0.1) is 11.3 Å². The van der Waals surface area contributed by atoms with Crippen LogP contribution in [0.2, 0.25) is 0 Å². The second-order valence-electron chi connectivity index (χ2n) is 5.73. The van der Waals surface area contributed by atoms with Crippen molar-refractivity contribution in [1.29, 1.82) is 5.26 Å². The van der Waals surface area contributed by atoms with E-state index in [9.17, 15) is 0 Å². The molecule has 1 heterocycles. The molecule has 0 spiro atoms. The Morgan fingerprint density at radius 3 is 2.90 bits per heavy atom. The number of hydrogen-bond acceptors (Lipinski definition) is 5. The quantitative estimate of drug-likeness (QED) is 0.864. The number of fused-ring (bicyclic) bond motifs is 1. The SMILES string of the molecule is CN(C)CCOc1ccc2cn(CC(C)(N)C#N)nc2c1. The van der Waals surface area contributed by atoms with E-state index < -0.39 is 5.54 Å². The molecule has 0 amide bonds. The maximum Gasteiger partial charge on any atom is 0.121 e. The summed E-state index contributed by atoms with van der Waals surface area (Å²) in [6.45, 7) is 3.54. The molecule has 0 aliphatic carbocycles. The lowest BCUT2D eigenvalue weighted by atomic mass is 10.1. The number of likely N-dealkylation sites (N-methyl/N-ethyl adjacent to an activating group) is 1. The molecule has 0 bridgehead atoms. The van der Waals surface area contributed by atoms with E-state index in [1.165, 1.54) is 0 Å². The fourth-order valence-electron chi connectivity index (χ4n) is 1.94. The van der Waals surface area contributed by atoms with Gasteiger partial charge in [-0.15, -0.1) is 0 Å². The number of benzene rings is 1. The van der Waals surface area contributed by atoms with Gasteiger partial charge in [-0.05, 0) is 33.2 Å². The molecular formula is C15H21N5O. The number of nitriles is 1. The van der Waals surface area contributed by atoms with E-state index in [1.807, 2.05) is 38.5 Å². The van der Waals surface area contributed by atoms with Crippen LogP contribution in [-0.4, -0.2) is 47.5 Å². The molecule has 0 radical (unpaired) electrons. The summed E-state index contributed by atoms with van der Waals surface area (Å²) in [5, 5.41) is 14.4. The van der Waals surface area contributed by atoms with Crippen LogP contribution < -0.4 is 10.5 Å². The summed E-state index contributed by atoms with van der Waals surface area (Å²) in [5.74, 6) is 0.797. The molecule has 1 aromatic heterocycles. The highest BCUT2D eigenvalue weighted by Crippen LogP contribution is 2.20. The van der Waals surface area contributed by atoms with Crippen LogP contribution in [0.5, 0.6) is 5.75 Å². The van der Waals surface area contributed by atoms with Gasteiger partial charge in [-0.25, -0.2) is 0 Å². The van der Waals surface area contributed by atoms with Gasteiger partial charge in [-0.1, -0.05) is 0 Å². The third-order valence-electron chi connectivity index (χ3n) is 3.08. The van der Waals surface area contributed by atoms with Crippen molar-refractivity contribution < 1.29 is 4.74 Å². The van der Waals surface area contributed by atoms with Crippen LogP contribution >= 0.6 is 0 Å². The summed E-state index contributed by atoms with van der Waals surface area (Å²) in [6.07, 6.45) is 1.89. The second kappa shape index (κ2) is 6.12. The number of ether oxygens (including phenoxy) is 1.